The lowest BCUT2D eigenvalue weighted by molar-refractivity contribution is 0.0687. The number of rotatable bonds is 3. The number of hydrogen-bond acceptors (Lipinski definition) is 5. The van der Waals surface area contributed by atoms with Crippen LogP contribution in [-0.4, -0.2) is 31.5 Å². The molecule has 2 aromatic heterocycles. The fraction of sp³-hybridized carbons (Fsp3) is 0.389. The molecular formula is C18H19FN4O2. The van der Waals surface area contributed by atoms with Crippen molar-refractivity contribution >= 4 is 11.0 Å². The predicted octanol–water partition coefficient (Wildman–Crippen LogP) is 3.30. The number of benzene rings is 1. The van der Waals surface area contributed by atoms with E-state index in [1.54, 1.807) is 26.2 Å². The van der Waals surface area contributed by atoms with Crippen LogP contribution in [0.3, 0.4) is 0 Å². The summed E-state index contributed by atoms with van der Waals surface area (Å²) in [6.07, 6.45) is 6.17. The molecule has 7 heteroatoms. The van der Waals surface area contributed by atoms with Gasteiger partial charge in [0.1, 0.15) is 17.4 Å². The van der Waals surface area contributed by atoms with Gasteiger partial charge in [0.15, 0.2) is 5.82 Å². The molecule has 1 N–H and O–H groups in total. The van der Waals surface area contributed by atoms with E-state index in [-0.39, 0.29) is 6.10 Å². The summed E-state index contributed by atoms with van der Waals surface area (Å²) in [6.45, 7) is 3.95. The predicted molar refractivity (Wildman–Crippen MR) is 90.4 cm³/mol. The molecule has 0 spiro atoms. The quantitative estimate of drug-likeness (QED) is 0.790. The zero-order chi connectivity index (χ0) is 17.6. The summed E-state index contributed by atoms with van der Waals surface area (Å²) in [6, 6.07) is 3.73. The zero-order valence-corrected chi connectivity index (χ0v) is 14.1. The maximum atomic E-state index is 14.1. The Balaban J connectivity index is 1.82. The van der Waals surface area contributed by atoms with Gasteiger partial charge < -0.3 is 9.84 Å². The van der Waals surface area contributed by atoms with Crippen LogP contribution in [0.15, 0.2) is 30.9 Å². The van der Waals surface area contributed by atoms with Crippen molar-refractivity contribution in [1.82, 2.24) is 19.7 Å². The van der Waals surface area contributed by atoms with Crippen molar-refractivity contribution in [3.63, 3.8) is 0 Å². The van der Waals surface area contributed by atoms with Gasteiger partial charge in [-0.2, -0.15) is 4.79 Å². The summed E-state index contributed by atoms with van der Waals surface area (Å²) in [5.74, 6) is 0.352. The molecule has 0 bridgehead atoms. The van der Waals surface area contributed by atoms with Gasteiger partial charge in [0.25, 0.3) is 0 Å². The molecule has 3 heterocycles. The van der Waals surface area contributed by atoms with Crippen LogP contribution in [0.5, 0.6) is 0 Å². The second-order valence-electron chi connectivity index (χ2n) is 6.85. The first-order valence-corrected chi connectivity index (χ1v) is 8.27. The summed E-state index contributed by atoms with van der Waals surface area (Å²) >= 11 is 0. The van der Waals surface area contributed by atoms with Gasteiger partial charge >= 0.3 is 0 Å². The number of ether oxygens (including phenoxy) is 1. The van der Waals surface area contributed by atoms with Crippen LogP contribution in [0.2, 0.25) is 0 Å². The molecular weight excluding hydrogens is 323 g/mol. The highest BCUT2D eigenvalue weighted by molar-refractivity contribution is 5.85. The van der Waals surface area contributed by atoms with Crippen LogP contribution < -0.4 is 0 Å². The Hall–Kier alpha value is -2.38. The highest BCUT2D eigenvalue weighted by Crippen LogP contribution is 2.36. The number of aromatic nitrogens is 4. The van der Waals surface area contributed by atoms with Gasteiger partial charge in [-0.05, 0) is 44.4 Å². The number of halogens is 1. The number of fused-ring (bicyclic) bond motifs is 1. The van der Waals surface area contributed by atoms with Gasteiger partial charge in [-0.1, -0.05) is 4.48 Å². The summed E-state index contributed by atoms with van der Waals surface area (Å²) in [4.78, 5) is 13.2. The Labute approximate surface area is 144 Å². The Morgan fingerprint density at radius 2 is 1.96 bits per heavy atom. The number of aliphatic hydroxyl groups is 1. The fourth-order valence-corrected chi connectivity index (χ4v) is 3.17. The Kier molecular flexibility index (Phi) is 3.77. The van der Waals surface area contributed by atoms with E-state index in [9.17, 15) is 9.59 Å². The minimum atomic E-state index is -1.10. The van der Waals surface area contributed by atoms with Crippen molar-refractivity contribution in [2.45, 2.75) is 38.4 Å². The molecule has 0 aliphatic carbocycles. The van der Waals surface area contributed by atoms with E-state index < -0.39 is 5.60 Å². The molecule has 25 heavy (non-hydrogen) atoms. The van der Waals surface area contributed by atoms with Gasteiger partial charge in [0.05, 0.1) is 11.6 Å². The monoisotopic (exact) mass is 342 g/mol. The minimum Gasteiger partial charge on any atom is -0.382 e. The minimum absolute atomic E-state index is 0.134. The van der Waals surface area contributed by atoms with Crippen LogP contribution in [0.25, 0.3) is 22.2 Å². The van der Waals surface area contributed by atoms with Crippen LogP contribution in [0.4, 0.5) is 4.48 Å². The standard InChI is InChI=1S/C18H19FN4O2/c1-18(2,24)17-20-8-12(9-21-17)11-6-13(15-4-3-5-25-15)16-14(7-11)22-10-23(16)19/h6-10,15,24H,3-5H2,1-2H3. The zero-order valence-electron chi connectivity index (χ0n) is 14.1. The van der Waals surface area contributed by atoms with E-state index in [4.69, 9.17) is 4.74 Å². The lowest BCUT2D eigenvalue weighted by Crippen LogP contribution is -2.19. The highest BCUT2D eigenvalue weighted by Gasteiger charge is 2.24. The Bertz CT molecular complexity index is 909. The smallest absolute Gasteiger partial charge is 0.159 e. The Morgan fingerprint density at radius 1 is 1.20 bits per heavy atom. The average molecular weight is 342 g/mol. The molecule has 1 atom stereocenters. The van der Waals surface area contributed by atoms with Gasteiger partial charge in [-0.15, -0.1) is 0 Å². The Morgan fingerprint density at radius 3 is 2.60 bits per heavy atom. The van der Waals surface area contributed by atoms with E-state index in [1.165, 1.54) is 6.33 Å². The third kappa shape index (κ3) is 2.89. The fourth-order valence-electron chi connectivity index (χ4n) is 3.17. The van der Waals surface area contributed by atoms with Crippen LogP contribution >= 0.6 is 0 Å². The summed E-state index contributed by atoms with van der Waals surface area (Å²) < 4.78 is 19.9. The number of hydrogen-bond donors (Lipinski definition) is 1. The van der Waals surface area contributed by atoms with E-state index in [2.05, 4.69) is 15.0 Å². The van der Waals surface area contributed by atoms with E-state index >= 15 is 0 Å². The first-order valence-electron chi connectivity index (χ1n) is 8.27. The first kappa shape index (κ1) is 16.1. The van der Waals surface area contributed by atoms with E-state index in [1.807, 2.05) is 12.1 Å². The van der Waals surface area contributed by atoms with Crippen molar-refractivity contribution in [2.24, 2.45) is 0 Å². The van der Waals surface area contributed by atoms with Crippen molar-refractivity contribution in [3.05, 3.63) is 42.2 Å². The van der Waals surface area contributed by atoms with Crippen molar-refractivity contribution in [3.8, 4) is 11.1 Å². The normalized spacial score (nSPS) is 18.2. The molecule has 1 aromatic carbocycles. The van der Waals surface area contributed by atoms with Crippen molar-refractivity contribution < 1.29 is 14.3 Å². The van der Waals surface area contributed by atoms with Gasteiger partial charge in [0, 0.05) is 30.1 Å². The molecule has 0 radical (unpaired) electrons. The molecule has 130 valence electrons. The molecule has 1 unspecified atom stereocenters. The van der Waals surface area contributed by atoms with Crippen molar-refractivity contribution in [1.29, 1.82) is 0 Å². The molecule has 1 aliphatic heterocycles. The van der Waals surface area contributed by atoms with Gasteiger partial charge in [0.2, 0.25) is 0 Å². The lowest BCUT2D eigenvalue weighted by Gasteiger charge is -2.16. The largest absolute Gasteiger partial charge is 0.382 e. The van der Waals surface area contributed by atoms with Crippen molar-refractivity contribution in [2.75, 3.05) is 6.61 Å². The molecule has 1 saturated heterocycles. The summed E-state index contributed by atoms with van der Waals surface area (Å²) in [5, 5.41) is 9.99. The number of nitrogens with zero attached hydrogens (tertiary/aromatic N) is 4. The molecule has 3 aromatic rings. The van der Waals surface area contributed by atoms with Crippen LogP contribution in [0, 0.1) is 0 Å². The summed E-state index contributed by atoms with van der Waals surface area (Å²) in [5.41, 5.74) is 2.33. The molecule has 1 aliphatic rings. The van der Waals surface area contributed by atoms with Crippen LogP contribution in [-0.2, 0) is 10.3 Å². The first-order chi connectivity index (χ1) is 11.9. The third-order valence-electron chi connectivity index (χ3n) is 4.44. The van der Waals surface area contributed by atoms with Gasteiger partial charge in [-0.3, -0.25) is 0 Å². The second kappa shape index (κ2) is 5.86. The van der Waals surface area contributed by atoms with Gasteiger partial charge in [-0.25, -0.2) is 15.0 Å². The summed E-state index contributed by atoms with van der Waals surface area (Å²) in [7, 11) is 0. The van der Waals surface area contributed by atoms with Crippen LogP contribution in [0.1, 0.15) is 44.2 Å². The SMILES string of the molecule is CC(C)(O)c1ncc(-c2cc(C3CCCO3)c3c(c2)ncn3F)cn1. The maximum absolute atomic E-state index is 14.1. The van der Waals surface area contributed by atoms with E-state index in [0.717, 1.165) is 29.5 Å². The molecule has 4 rings (SSSR count). The maximum Gasteiger partial charge on any atom is 0.159 e. The number of imidazole rings is 1. The molecule has 0 amide bonds. The highest BCUT2D eigenvalue weighted by atomic mass is 19.2. The molecule has 0 saturated carbocycles. The van der Waals surface area contributed by atoms with E-state index in [0.29, 0.717) is 28.3 Å². The lowest BCUT2D eigenvalue weighted by atomic mass is 9.99. The third-order valence-corrected chi connectivity index (χ3v) is 4.44. The topological polar surface area (TPSA) is 73.1 Å². The second-order valence-corrected chi connectivity index (χ2v) is 6.85. The molecule has 6 nitrogen and oxygen atoms in total. The molecule has 1 fully saturated rings. The average Bonchev–Trinajstić information content (AvgIpc) is 3.24.